The lowest BCUT2D eigenvalue weighted by Crippen LogP contribution is -2.23. The molecule has 168 valence electrons. The number of hydrogen-bond donors (Lipinski definition) is 2. The molecule has 0 amide bonds. The molecule has 0 aliphatic rings. The van der Waals surface area contributed by atoms with Crippen LogP contribution in [0.4, 0.5) is 0 Å². The van der Waals surface area contributed by atoms with Gasteiger partial charge in [0.1, 0.15) is 10.8 Å². The Hall–Kier alpha value is -3.03. The Morgan fingerprint density at radius 2 is 1.81 bits per heavy atom. The smallest absolute Gasteiger partial charge is 0.341 e. The second kappa shape index (κ2) is 10.1. The molecule has 7 nitrogen and oxygen atoms in total. The van der Waals surface area contributed by atoms with Crippen LogP contribution in [-0.4, -0.2) is 33.2 Å². The van der Waals surface area contributed by atoms with Gasteiger partial charge in [-0.15, -0.1) is 0 Å². The van der Waals surface area contributed by atoms with E-state index in [9.17, 15) is 14.4 Å². The summed E-state index contributed by atoms with van der Waals surface area (Å²) in [6.45, 7) is 3.08. The number of benzene rings is 2. The molecule has 2 aromatic carbocycles. The molecule has 0 saturated heterocycles. The highest BCUT2D eigenvalue weighted by molar-refractivity contribution is 6.44. The monoisotopic (exact) mass is 476 g/mol. The van der Waals surface area contributed by atoms with Gasteiger partial charge in [0, 0.05) is 22.7 Å². The first-order chi connectivity index (χ1) is 15.2. The van der Waals surface area contributed by atoms with Crippen LogP contribution in [0.3, 0.4) is 0 Å². The molecule has 1 heterocycles. The molecule has 0 aliphatic heterocycles. The predicted octanol–water partition coefficient (Wildman–Crippen LogP) is 4.70. The Kier molecular flexibility index (Phi) is 7.43. The Morgan fingerprint density at radius 1 is 1.12 bits per heavy atom. The number of carbonyl (C=O) groups is 2. The molecule has 0 radical (unpaired) electrons. The van der Waals surface area contributed by atoms with E-state index in [1.54, 1.807) is 6.92 Å². The number of para-hydroxylation sites is 1. The second-order valence-corrected chi connectivity index (χ2v) is 8.04. The van der Waals surface area contributed by atoms with Gasteiger partial charge in [-0.05, 0) is 44.0 Å². The molecule has 1 unspecified atom stereocenters. The van der Waals surface area contributed by atoms with Gasteiger partial charge in [0.25, 0.3) is 5.56 Å². The number of aryl methyl sites for hydroxylation is 1. The second-order valence-electron chi connectivity index (χ2n) is 7.29. The van der Waals surface area contributed by atoms with Crippen molar-refractivity contribution in [3.05, 3.63) is 79.7 Å². The van der Waals surface area contributed by atoms with Crippen molar-refractivity contribution in [2.24, 2.45) is 5.92 Å². The van der Waals surface area contributed by atoms with E-state index < -0.39 is 18.5 Å². The van der Waals surface area contributed by atoms with Crippen molar-refractivity contribution >= 4 is 35.0 Å². The molecule has 32 heavy (non-hydrogen) atoms. The highest BCUT2D eigenvalue weighted by Gasteiger charge is 2.26. The fraction of sp³-hybridized carbons (Fsp3) is 0.261. The molecule has 3 aromatic rings. The zero-order chi connectivity index (χ0) is 23.4. The van der Waals surface area contributed by atoms with Crippen molar-refractivity contribution in [3.8, 4) is 11.4 Å². The van der Waals surface area contributed by atoms with Crippen LogP contribution in [0.5, 0.6) is 5.75 Å². The molecule has 1 atom stereocenters. The summed E-state index contributed by atoms with van der Waals surface area (Å²) in [7, 11) is 0. The molecule has 0 aliphatic carbocycles. The maximum Gasteiger partial charge on any atom is 0.341 e. The number of rotatable bonds is 9. The molecule has 0 saturated carbocycles. The van der Waals surface area contributed by atoms with Crippen LogP contribution in [-0.2, 0) is 11.2 Å². The van der Waals surface area contributed by atoms with E-state index in [1.165, 1.54) is 16.8 Å². The summed E-state index contributed by atoms with van der Waals surface area (Å²) in [6.07, 6.45) is 0.723. The normalized spacial score (nSPS) is 11.9. The number of H-pyrrole nitrogens is 1. The van der Waals surface area contributed by atoms with Crippen molar-refractivity contribution in [1.29, 1.82) is 0 Å². The van der Waals surface area contributed by atoms with Gasteiger partial charge < -0.3 is 9.84 Å². The van der Waals surface area contributed by atoms with Gasteiger partial charge in [0.05, 0.1) is 10.7 Å². The summed E-state index contributed by atoms with van der Waals surface area (Å²) in [4.78, 5) is 36.9. The predicted molar refractivity (Wildman–Crippen MR) is 123 cm³/mol. The third-order valence-electron chi connectivity index (χ3n) is 5.19. The van der Waals surface area contributed by atoms with Crippen LogP contribution < -0.4 is 10.3 Å². The Bertz CT molecular complexity index is 1200. The van der Waals surface area contributed by atoms with E-state index in [4.69, 9.17) is 33.0 Å². The fourth-order valence-electron chi connectivity index (χ4n) is 3.44. The lowest BCUT2D eigenvalue weighted by molar-refractivity contribution is -0.139. The number of aliphatic carboxylic acids is 1. The van der Waals surface area contributed by atoms with Crippen molar-refractivity contribution in [3.63, 3.8) is 0 Å². The van der Waals surface area contributed by atoms with Crippen LogP contribution in [0.1, 0.15) is 35.0 Å². The molecule has 1 aromatic heterocycles. The zero-order valence-electron chi connectivity index (χ0n) is 17.5. The van der Waals surface area contributed by atoms with E-state index in [2.05, 4.69) is 5.10 Å². The average Bonchev–Trinajstić information content (AvgIpc) is 3.06. The lowest BCUT2D eigenvalue weighted by atomic mass is 9.89. The minimum atomic E-state index is -1.16. The maximum atomic E-state index is 13.2. The molecule has 9 heteroatoms. The number of ketones is 1. The van der Waals surface area contributed by atoms with E-state index in [0.717, 1.165) is 0 Å². The number of carboxylic acids is 1. The molecular weight excluding hydrogens is 455 g/mol. The summed E-state index contributed by atoms with van der Waals surface area (Å²) >= 11 is 12.5. The first-order valence-electron chi connectivity index (χ1n) is 9.97. The topological polar surface area (TPSA) is 101 Å². The largest absolute Gasteiger partial charge is 0.480 e. The summed E-state index contributed by atoms with van der Waals surface area (Å²) in [5.41, 5.74) is 1.91. The van der Waals surface area contributed by atoms with Crippen molar-refractivity contribution in [1.82, 2.24) is 9.78 Å². The molecule has 0 spiro atoms. The highest BCUT2D eigenvalue weighted by atomic mass is 35.5. The number of halogens is 2. The van der Waals surface area contributed by atoms with Gasteiger partial charge in [-0.3, -0.25) is 14.7 Å². The highest BCUT2D eigenvalue weighted by Crippen LogP contribution is 2.36. The summed E-state index contributed by atoms with van der Waals surface area (Å²) < 4.78 is 6.56. The standard InChI is InChI=1S/C23H22Cl2N2O5/c1-3-14(11-17-13(2)26-27(23(17)31)15-7-5-4-6-8-15)22(30)16-9-10-18(21(25)20(16)24)32-12-19(28)29/h4-10,14,26H,3,11-12H2,1-2H3,(H,28,29). The lowest BCUT2D eigenvalue weighted by Gasteiger charge is -2.16. The van der Waals surface area contributed by atoms with Crippen LogP contribution in [0.25, 0.3) is 5.69 Å². The van der Waals surface area contributed by atoms with E-state index in [-0.39, 0.29) is 39.1 Å². The SMILES string of the molecule is CCC(Cc1c(C)[nH]n(-c2ccccc2)c1=O)C(=O)c1ccc(OCC(=O)O)c(Cl)c1Cl. The zero-order valence-corrected chi connectivity index (χ0v) is 19.0. The van der Waals surface area contributed by atoms with E-state index in [1.807, 2.05) is 37.3 Å². The summed E-state index contributed by atoms with van der Waals surface area (Å²) in [5.74, 6) is -1.83. The summed E-state index contributed by atoms with van der Waals surface area (Å²) in [6, 6.07) is 12.1. The number of aromatic nitrogens is 2. The molecule has 3 rings (SSSR count). The van der Waals surface area contributed by atoms with Crippen LogP contribution >= 0.6 is 23.2 Å². The van der Waals surface area contributed by atoms with E-state index in [0.29, 0.717) is 23.4 Å². The van der Waals surface area contributed by atoms with Gasteiger partial charge in [-0.2, -0.15) is 0 Å². The minimum Gasteiger partial charge on any atom is -0.480 e. The van der Waals surface area contributed by atoms with Gasteiger partial charge in [0.15, 0.2) is 12.4 Å². The molecule has 0 fully saturated rings. The fourth-order valence-corrected chi connectivity index (χ4v) is 3.91. The Balaban J connectivity index is 1.88. The van der Waals surface area contributed by atoms with Crippen LogP contribution in [0.15, 0.2) is 47.3 Å². The van der Waals surface area contributed by atoms with E-state index >= 15 is 0 Å². The molecular formula is C23H22Cl2N2O5. The molecule has 2 N–H and O–H groups in total. The van der Waals surface area contributed by atoms with Crippen molar-refractivity contribution < 1.29 is 19.4 Å². The number of aromatic amines is 1. The van der Waals surface area contributed by atoms with Gasteiger partial charge >= 0.3 is 5.97 Å². The minimum absolute atomic E-state index is 0.00880. The van der Waals surface area contributed by atoms with Crippen LogP contribution in [0, 0.1) is 12.8 Å². The van der Waals surface area contributed by atoms with Gasteiger partial charge in [-0.1, -0.05) is 48.3 Å². The number of hydrogen-bond acceptors (Lipinski definition) is 4. The van der Waals surface area contributed by atoms with Crippen molar-refractivity contribution in [2.45, 2.75) is 26.7 Å². The van der Waals surface area contributed by atoms with Gasteiger partial charge in [0.2, 0.25) is 0 Å². The first kappa shape index (κ1) is 23.6. The Labute approximate surface area is 194 Å². The maximum absolute atomic E-state index is 13.2. The quantitative estimate of drug-likeness (QED) is 0.436. The first-order valence-corrected chi connectivity index (χ1v) is 10.7. The average molecular weight is 477 g/mol. The number of carboxylic acid groups (broad SMARTS) is 1. The Morgan fingerprint density at radius 3 is 2.44 bits per heavy atom. The number of ether oxygens (including phenoxy) is 1. The third kappa shape index (κ3) is 4.89. The van der Waals surface area contributed by atoms with Crippen LogP contribution in [0.2, 0.25) is 10.0 Å². The number of carbonyl (C=O) groups excluding carboxylic acids is 1. The molecule has 0 bridgehead atoms. The third-order valence-corrected chi connectivity index (χ3v) is 6.05. The number of nitrogens with one attached hydrogen (secondary N) is 1. The number of Topliss-reactive ketones (excluding diaryl/α,β-unsaturated/α-hetero) is 1. The van der Waals surface area contributed by atoms with Gasteiger partial charge in [-0.25, -0.2) is 9.48 Å². The summed E-state index contributed by atoms with van der Waals surface area (Å²) in [5, 5.41) is 11.8. The van der Waals surface area contributed by atoms with Crippen molar-refractivity contribution in [2.75, 3.05) is 6.61 Å². The number of nitrogens with zero attached hydrogens (tertiary/aromatic N) is 1.